The highest BCUT2D eigenvalue weighted by atomic mass is 32.1. The number of aromatic nitrogens is 1. The minimum absolute atomic E-state index is 0.215. The smallest absolute Gasteiger partial charge is 0.272 e. The van der Waals surface area contributed by atoms with Crippen LogP contribution >= 0.6 is 11.3 Å². The van der Waals surface area contributed by atoms with E-state index >= 15 is 0 Å². The number of nitro groups is 1. The maximum atomic E-state index is 12.6. The number of thiophene rings is 1. The van der Waals surface area contributed by atoms with Crippen LogP contribution in [0.25, 0.3) is 10.2 Å². The molecule has 1 aromatic carbocycles. The van der Waals surface area contributed by atoms with Crippen LogP contribution in [0.5, 0.6) is 0 Å². The highest BCUT2D eigenvalue weighted by Crippen LogP contribution is 2.26. The van der Waals surface area contributed by atoms with Crippen molar-refractivity contribution in [3.8, 4) is 11.8 Å². The summed E-state index contributed by atoms with van der Waals surface area (Å²) in [7, 11) is 0. The minimum atomic E-state index is -0.622. The Morgan fingerprint density at radius 1 is 1.29 bits per heavy atom. The molecule has 7 heteroatoms. The molecule has 2 aromatic heterocycles. The summed E-state index contributed by atoms with van der Waals surface area (Å²) < 4.78 is 13.9. The molecule has 0 saturated heterocycles. The van der Waals surface area contributed by atoms with Crippen molar-refractivity contribution in [3.05, 3.63) is 68.5 Å². The average molecular weight is 402 g/mol. The van der Waals surface area contributed by atoms with Crippen molar-refractivity contribution in [1.82, 2.24) is 4.98 Å². The molecule has 0 bridgehead atoms. The second kappa shape index (κ2) is 11.8. The number of nitrogens with two attached hydrogens (primary N) is 1. The number of hydrogen-bond donors (Lipinski definition) is 1. The Hall–Kier alpha value is -2.82. The maximum Gasteiger partial charge on any atom is 0.272 e. The molecule has 3 aromatic rings. The first-order valence-corrected chi connectivity index (χ1v) is 9.74. The highest BCUT2D eigenvalue weighted by Gasteiger charge is 2.07. The van der Waals surface area contributed by atoms with Gasteiger partial charge in [-0.25, -0.2) is 4.39 Å². The van der Waals surface area contributed by atoms with E-state index in [1.165, 1.54) is 22.4 Å². The third kappa shape index (κ3) is 6.41. The molecule has 5 nitrogen and oxygen atoms in total. The van der Waals surface area contributed by atoms with Crippen LogP contribution in [0.3, 0.4) is 0 Å². The molecule has 148 valence electrons. The average Bonchev–Trinajstić information content (AvgIpc) is 3.13. The van der Waals surface area contributed by atoms with Gasteiger partial charge in [0.15, 0.2) is 0 Å². The van der Waals surface area contributed by atoms with Gasteiger partial charge in [0.05, 0.1) is 32.6 Å². The lowest BCUT2D eigenvalue weighted by Gasteiger charge is -1.95. The van der Waals surface area contributed by atoms with Gasteiger partial charge in [-0.05, 0) is 42.7 Å². The molecule has 0 amide bonds. The van der Waals surface area contributed by atoms with Gasteiger partial charge in [-0.3, -0.25) is 15.1 Å². The van der Waals surface area contributed by atoms with Crippen LogP contribution in [-0.4, -0.2) is 16.5 Å². The van der Waals surface area contributed by atoms with Crippen molar-refractivity contribution >= 4 is 27.2 Å². The number of benzene rings is 1. The Morgan fingerprint density at radius 2 is 2.00 bits per heavy atom. The number of rotatable bonds is 2. The van der Waals surface area contributed by atoms with Crippen LogP contribution in [0.2, 0.25) is 0 Å². The number of pyridine rings is 1. The molecule has 0 saturated carbocycles. The molecule has 0 spiro atoms. The van der Waals surface area contributed by atoms with Gasteiger partial charge >= 0.3 is 0 Å². The molecule has 0 fully saturated rings. The number of nitrogens with zero attached hydrogens (tertiary/aromatic N) is 2. The van der Waals surface area contributed by atoms with Crippen LogP contribution in [0.4, 0.5) is 10.1 Å². The molecule has 0 radical (unpaired) electrons. The molecule has 2 N–H and O–H groups in total. The minimum Gasteiger partial charge on any atom is -0.320 e. The summed E-state index contributed by atoms with van der Waals surface area (Å²) in [6.45, 7) is 8.11. The normalized spacial score (nSPS) is 9.36. The largest absolute Gasteiger partial charge is 0.320 e. The topological polar surface area (TPSA) is 82.0 Å². The van der Waals surface area contributed by atoms with Gasteiger partial charge < -0.3 is 5.73 Å². The predicted molar refractivity (Wildman–Crippen MR) is 114 cm³/mol. The summed E-state index contributed by atoms with van der Waals surface area (Å²) in [6.07, 6.45) is 2.89. The Labute approximate surface area is 168 Å². The van der Waals surface area contributed by atoms with E-state index < -0.39 is 10.7 Å². The first kappa shape index (κ1) is 23.2. The number of non-ortho nitro benzene ring substituents is 1. The van der Waals surface area contributed by atoms with E-state index in [9.17, 15) is 14.5 Å². The summed E-state index contributed by atoms with van der Waals surface area (Å²) >= 11 is 1.70. The molecule has 0 unspecified atom stereocenters. The van der Waals surface area contributed by atoms with Crippen molar-refractivity contribution in [2.24, 2.45) is 5.73 Å². The van der Waals surface area contributed by atoms with Gasteiger partial charge in [0.1, 0.15) is 5.82 Å². The van der Waals surface area contributed by atoms with Crippen molar-refractivity contribution in [2.45, 2.75) is 34.1 Å². The molecular weight excluding hydrogens is 377 g/mol. The van der Waals surface area contributed by atoms with Crippen molar-refractivity contribution in [3.63, 3.8) is 0 Å². The van der Waals surface area contributed by atoms with Crippen molar-refractivity contribution in [1.29, 1.82) is 0 Å². The van der Waals surface area contributed by atoms with E-state index in [4.69, 9.17) is 5.73 Å². The SMILES string of the molecule is CC.CCc1ccnc2cc(C#CCN)sc12.Cc1ccc([N+](=O)[O-])cc1F. The fourth-order valence-corrected chi connectivity index (χ4v) is 3.24. The first-order chi connectivity index (χ1) is 13.5. The molecule has 0 atom stereocenters. The molecule has 0 aliphatic rings. The number of nitro benzene ring substituents is 1. The molecule has 3 rings (SSSR count). The Morgan fingerprint density at radius 3 is 2.57 bits per heavy atom. The van der Waals surface area contributed by atoms with E-state index in [-0.39, 0.29) is 5.69 Å². The lowest BCUT2D eigenvalue weighted by atomic mass is 10.2. The molecule has 0 aliphatic carbocycles. The summed E-state index contributed by atoms with van der Waals surface area (Å²) in [4.78, 5) is 14.9. The van der Waals surface area contributed by atoms with Crippen LogP contribution in [0.15, 0.2) is 36.5 Å². The molecular formula is C21H24FN3O2S. The highest BCUT2D eigenvalue weighted by molar-refractivity contribution is 7.19. The summed E-state index contributed by atoms with van der Waals surface area (Å²) in [5.74, 6) is 5.37. The Bertz CT molecular complexity index is 990. The van der Waals surface area contributed by atoms with Crippen LogP contribution < -0.4 is 5.73 Å². The van der Waals surface area contributed by atoms with Crippen molar-refractivity contribution in [2.75, 3.05) is 6.54 Å². The third-order valence-electron chi connectivity index (χ3n) is 3.55. The van der Waals surface area contributed by atoms with Crippen LogP contribution in [0, 0.1) is 34.7 Å². The van der Waals surface area contributed by atoms with E-state index in [1.807, 2.05) is 26.1 Å². The van der Waals surface area contributed by atoms with Gasteiger partial charge in [0.25, 0.3) is 5.69 Å². The van der Waals surface area contributed by atoms with Crippen LogP contribution in [-0.2, 0) is 6.42 Å². The van der Waals surface area contributed by atoms with E-state index in [1.54, 1.807) is 18.3 Å². The van der Waals surface area contributed by atoms with Gasteiger partial charge in [-0.1, -0.05) is 32.6 Å². The third-order valence-corrected chi connectivity index (χ3v) is 4.67. The Balaban J connectivity index is 0.000000268. The van der Waals surface area contributed by atoms with Crippen LogP contribution in [0.1, 0.15) is 36.8 Å². The second-order valence-electron chi connectivity index (χ2n) is 5.35. The summed E-state index contributed by atoms with van der Waals surface area (Å²) in [5.41, 5.74) is 7.92. The zero-order chi connectivity index (χ0) is 21.1. The van der Waals surface area contributed by atoms with E-state index in [0.717, 1.165) is 22.9 Å². The van der Waals surface area contributed by atoms with E-state index in [2.05, 4.69) is 29.8 Å². The van der Waals surface area contributed by atoms with Gasteiger partial charge in [-0.2, -0.15) is 0 Å². The quantitative estimate of drug-likeness (QED) is 0.362. The molecule has 28 heavy (non-hydrogen) atoms. The lowest BCUT2D eigenvalue weighted by molar-refractivity contribution is -0.385. The molecule has 0 aliphatic heterocycles. The van der Waals surface area contributed by atoms with Gasteiger partial charge in [-0.15, -0.1) is 11.3 Å². The summed E-state index contributed by atoms with van der Waals surface area (Å²) in [5, 5.41) is 10.1. The van der Waals surface area contributed by atoms with Gasteiger partial charge in [0.2, 0.25) is 0 Å². The number of fused-ring (bicyclic) bond motifs is 1. The molecule has 2 heterocycles. The zero-order valence-corrected chi connectivity index (χ0v) is 17.3. The standard InChI is InChI=1S/C12H12N2S.C7H6FNO2.C2H6/c1-2-9-5-7-14-11-8-10(4-3-6-13)15-12(9)11;1-5-2-3-6(9(10)11)4-7(5)8;1-2/h5,7-8H,2,6,13H2,1H3;2-4H,1H3;1-2H3. The van der Waals surface area contributed by atoms with E-state index in [0.29, 0.717) is 12.1 Å². The monoisotopic (exact) mass is 401 g/mol. The lowest BCUT2D eigenvalue weighted by Crippen LogP contribution is -1.92. The number of aryl methyl sites for hydroxylation is 2. The maximum absolute atomic E-state index is 12.6. The van der Waals surface area contributed by atoms with Crippen molar-refractivity contribution < 1.29 is 9.31 Å². The first-order valence-electron chi connectivity index (χ1n) is 8.93. The predicted octanol–water partition coefficient (Wildman–Crippen LogP) is 5.24. The number of hydrogen-bond acceptors (Lipinski definition) is 5. The summed E-state index contributed by atoms with van der Waals surface area (Å²) in [6, 6.07) is 7.67. The van der Waals surface area contributed by atoms with Gasteiger partial charge in [0, 0.05) is 12.3 Å². The Kier molecular flexibility index (Phi) is 9.79. The fraction of sp³-hybridized carbons (Fsp3) is 0.286. The number of halogens is 1. The zero-order valence-electron chi connectivity index (χ0n) is 16.5. The second-order valence-corrected chi connectivity index (χ2v) is 6.40. The fourth-order valence-electron chi connectivity index (χ4n) is 2.16.